The molecule has 0 bridgehead atoms. The van der Waals surface area contributed by atoms with Gasteiger partial charge in [-0.15, -0.1) is 0 Å². The van der Waals surface area contributed by atoms with Crippen LogP contribution in [0.2, 0.25) is 0 Å². The van der Waals surface area contributed by atoms with Gasteiger partial charge >= 0.3 is 0 Å². The van der Waals surface area contributed by atoms with Crippen LogP contribution in [0.25, 0.3) is 0 Å². The van der Waals surface area contributed by atoms with E-state index in [0.29, 0.717) is 11.3 Å². The summed E-state index contributed by atoms with van der Waals surface area (Å²) in [6, 6.07) is 6.82. The van der Waals surface area contributed by atoms with Gasteiger partial charge < -0.3 is 11.1 Å². The van der Waals surface area contributed by atoms with E-state index < -0.39 is 11.0 Å². The Kier molecular flexibility index (Phi) is 4.15. The summed E-state index contributed by atoms with van der Waals surface area (Å²) in [5.41, 5.74) is 5.98. The summed E-state index contributed by atoms with van der Waals surface area (Å²) in [6.45, 7) is 8.78. The van der Waals surface area contributed by atoms with E-state index in [4.69, 9.17) is 5.73 Å². The number of nitrogens with two attached hydrogens (primary N) is 1. The molecule has 104 valence electrons. The number of Topliss-reactive ketones (excluding diaryl/α,β-unsaturated/α-hetero) is 1. The number of ketones is 1. The minimum absolute atomic E-state index is 0.00120. The number of nitrogens with one attached hydrogen (secondary N) is 1. The molecule has 4 heteroatoms. The molecule has 1 amide bonds. The first-order valence-electron chi connectivity index (χ1n) is 6.27. The predicted octanol–water partition coefficient (Wildman–Crippen LogP) is 2.59. The summed E-state index contributed by atoms with van der Waals surface area (Å²) in [5.74, 6) is -0.142. The van der Waals surface area contributed by atoms with Crippen LogP contribution in [-0.4, -0.2) is 17.2 Å². The minimum atomic E-state index is -0.702. The third-order valence-corrected chi connectivity index (χ3v) is 3.73. The largest absolute Gasteiger partial charge is 0.326 e. The molecular weight excluding hydrogens is 240 g/mol. The Bertz CT molecular complexity index is 482. The third kappa shape index (κ3) is 3.41. The Morgan fingerprint density at radius 2 is 1.53 bits per heavy atom. The van der Waals surface area contributed by atoms with Crippen molar-refractivity contribution in [3.63, 3.8) is 0 Å². The van der Waals surface area contributed by atoms with Crippen molar-refractivity contribution in [2.24, 2.45) is 11.1 Å². The van der Waals surface area contributed by atoms with E-state index in [9.17, 15) is 9.59 Å². The molecule has 0 aliphatic carbocycles. The van der Waals surface area contributed by atoms with Crippen molar-refractivity contribution in [2.45, 2.75) is 40.2 Å². The maximum atomic E-state index is 12.2. The Hall–Kier alpha value is -1.68. The van der Waals surface area contributed by atoms with E-state index in [1.54, 1.807) is 24.3 Å². The molecule has 0 saturated carbocycles. The van der Waals surface area contributed by atoms with Gasteiger partial charge in [0.15, 0.2) is 5.78 Å². The molecule has 4 nitrogen and oxygen atoms in total. The fourth-order valence-corrected chi connectivity index (χ4v) is 1.37. The monoisotopic (exact) mass is 262 g/mol. The third-order valence-electron chi connectivity index (χ3n) is 3.73. The summed E-state index contributed by atoms with van der Waals surface area (Å²) >= 11 is 0. The van der Waals surface area contributed by atoms with Gasteiger partial charge in [0.1, 0.15) is 0 Å². The molecule has 0 atom stereocenters. The second kappa shape index (κ2) is 5.13. The number of hydrogen-bond acceptors (Lipinski definition) is 3. The van der Waals surface area contributed by atoms with Gasteiger partial charge in [0.25, 0.3) is 0 Å². The van der Waals surface area contributed by atoms with Gasteiger partial charge in [-0.2, -0.15) is 0 Å². The lowest BCUT2D eigenvalue weighted by Crippen LogP contribution is -2.53. The van der Waals surface area contributed by atoms with Crippen LogP contribution in [-0.2, 0) is 4.79 Å². The summed E-state index contributed by atoms with van der Waals surface area (Å²) < 4.78 is 0. The number of carbonyl (C=O) groups is 2. The lowest BCUT2D eigenvalue weighted by molar-refractivity contribution is -0.126. The zero-order valence-electron chi connectivity index (χ0n) is 12.2. The maximum absolute atomic E-state index is 12.2. The number of rotatable bonds is 4. The van der Waals surface area contributed by atoms with E-state index >= 15 is 0 Å². The van der Waals surface area contributed by atoms with Crippen molar-refractivity contribution >= 4 is 17.4 Å². The highest BCUT2D eigenvalue weighted by atomic mass is 16.2. The topological polar surface area (TPSA) is 72.2 Å². The van der Waals surface area contributed by atoms with Crippen molar-refractivity contribution in [2.75, 3.05) is 5.32 Å². The van der Waals surface area contributed by atoms with Crippen LogP contribution >= 0.6 is 0 Å². The molecule has 0 unspecified atom stereocenters. The van der Waals surface area contributed by atoms with E-state index in [2.05, 4.69) is 5.32 Å². The van der Waals surface area contributed by atoms with Crippen molar-refractivity contribution in [1.29, 1.82) is 0 Å². The number of carbonyl (C=O) groups excluding carboxylic acids is 2. The molecule has 0 aliphatic heterocycles. The van der Waals surface area contributed by atoms with Crippen LogP contribution in [0, 0.1) is 5.41 Å². The summed E-state index contributed by atoms with van der Waals surface area (Å²) in [4.78, 5) is 23.4. The maximum Gasteiger partial charge on any atom is 0.231 e. The van der Waals surface area contributed by atoms with Gasteiger partial charge in [-0.05, 0) is 58.9 Å². The van der Waals surface area contributed by atoms with Gasteiger partial charge in [-0.25, -0.2) is 0 Å². The van der Waals surface area contributed by atoms with Crippen molar-refractivity contribution in [1.82, 2.24) is 0 Å². The van der Waals surface area contributed by atoms with Crippen LogP contribution in [0.5, 0.6) is 0 Å². The van der Waals surface area contributed by atoms with Crippen LogP contribution in [0.3, 0.4) is 0 Å². The highest BCUT2D eigenvalue weighted by Crippen LogP contribution is 2.29. The first-order valence-corrected chi connectivity index (χ1v) is 6.27. The highest BCUT2D eigenvalue weighted by Gasteiger charge is 2.40. The predicted molar refractivity (Wildman–Crippen MR) is 77.1 cm³/mol. The minimum Gasteiger partial charge on any atom is -0.326 e. The van der Waals surface area contributed by atoms with E-state index in [1.807, 2.05) is 27.7 Å². The molecule has 3 N–H and O–H groups in total. The van der Waals surface area contributed by atoms with Gasteiger partial charge in [-0.1, -0.05) is 0 Å². The molecule has 0 aromatic heterocycles. The SMILES string of the molecule is CC(=O)c1ccc(NC(=O)C(C)(C)C(C)(C)N)cc1. The molecule has 0 spiro atoms. The van der Waals surface area contributed by atoms with Crippen LogP contribution in [0.4, 0.5) is 5.69 Å². The molecule has 0 fully saturated rings. The molecule has 0 saturated heterocycles. The Labute approximate surface area is 114 Å². The first-order chi connectivity index (χ1) is 8.55. The number of anilines is 1. The van der Waals surface area contributed by atoms with Crippen LogP contribution < -0.4 is 11.1 Å². The Morgan fingerprint density at radius 3 is 1.89 bits per heavy atom. The molecule has 0 aliphatic rings. The van der Waals surface area contributed by atoms with Gasteiger partial charge in [0.05, 0.1) is 5.41 Å². The number of benzene rings is 1. The van der Waals surface area contributed by atoms with Crippen molar-refractivity contribution in [3.05, 3.63) is 29.8 Å². The second-order valence-electron chi connectivity index (χ2n) is 5.93. The van der Waals surface area contributed by atoms with E-state index in [0.717, 1.165) is 0 Å². The molecule has 19 heavy (non-hydrogen) atoms. The van der Waals surface area contributed by atoms with Crippen LogP contribution in [0.15, 0.2) is 24.3 Å². The smallest absolute Gasteiger partial charge is 0.231 e. The fourth-order valence-electron chi connectivity index (χ4n) is 1.37. The standard InChI is InChI=1S/C15H22N2O2/c1-10(18)11-6-8-12(9-7-11)17-13(19)14(2,3)15(4,5)16/h6-9H,16H2,1-5H3,(H,17,19). The Balaban J connectivity index is 2.86. The molecule has 1 aromatic carbocycles. The van der Waals surface area contributed by atoms with Crippen molar-refractivity contribution in [3.8, 4) is 0 Å². The van der Waals surface area contributed by atoms with E-state index in [-0.39, 0.29) is 11.7 Å². The first kappa shape index (κ1) is 15.4. The average molecular weight is 262 g/mol. The van der Waals surface area contributed by atoms with Crippen LogP contribution in [0.1, 0.15) is 45.0 Å². The second-order valence-corrected chi connectivity index (χ2v) is 5.93. The van der Waals surface area contributed by atoms with Crippen molar-refractivity contribution < 1.29 is 9.59 Å². The quantitative estimate of drug-likeness (QED) is 0.819. The lowest BCUT2D eigenvalue weighted by Gasteiger charge is -2.36. The molecule has 0 heterocycles. The zero-order chi connectivity index (χ0) is 14.8. The van der Waals surface area contributed by atoms with E-state index in [1.165, 1.54) is 6.92 Å². The van der Waals surface area contributed by atoms with Gasteiger partial charge in [-0.3, -0.25) is 9.59 Å². The molecular formula is C15H22N2O2. The zero-order valence-corrected chi connectivity index (χ0v) is 12.2. The molecule has 0 radical (unpaired) electrons. The summed E-state index contributed by atoms with van der Waals surface area (Å²) in [6.07, 6.45) is 0. The molecule has 1 aromatic rings. The normalized spacial score (nSPS) is 12.1. The fraction of sp³-hybridized carbons (Fsp3) is 0.467. The van der Waals surface area contributed by atoms with Gasteiger partial charge in [0, 0.05) is 16.8 Å². The average Bonchev–Trinajstić information content (AvgIpc) is 2.28. The molecule has 1 rings (SSSR count). The highest BCUT2D eigenvalue weighted by molar-refractivity contribution is 5.97. The van der Waals surface area contributed by atoms with Gasteiger partial charge in [0.2, 0.25) is 5.91 Å². The summed E-state index contributed by atoms with van der Waals surface area (Å²) in [7, 11) is 0. The Morgan fingerprint density at radius 1 is 1.05 bits per heavy atom. The lowest BCUT2D eigenvalue weighted by atomic mass is 9.74. The number of hydrogen-bond donors (Lipinski definition) is 2. The number of amides is 1. The summed E-state index contributed by atoms with van der Waals surface area (Å²) in [5, 5.41) is 2.82.